The molecule has 5 nitrogen and oxygen atoms in total. The maximum absolute atomic E-state index is 12.1. The van der Waals surface area contributed by atoms with Crippen LogP contribution >= 0.6 is 11.3 Å². The number of carbonyl (C=O) groups excluding carboxylic acids is 1. The zero-order chi connectivity index (χ0) is 14.9. The Morgan fingerprint density at radius 1 is 1.35 bits per heavy atom. The van der Waals surface area contributed by atoms with Gasteiger partial charge in [0.2, 0.25) is 5.91 Å². The minimum Gasteiger partial charge on any atom is -0.398 e. The lowest BCUT2D eigenvalue weighted by atomic mass is 10.1. The van der Waals surface area contributed by atoms with Gasteiger partial charge in [-0.1, -0.05) is 17.4 Å². The van der Waals surface area contributed by atoms with Crippen LogP contribution in [0.5, 0.6) is 0 Å². The molecule has 2 rings (SSSR count). The molecule has 0 saturated carbocycles. The Kier molecular flexibility index (Phi) is 3.94. The van der Waals surface area contributed by atoms with Gasteiger partial charge in [0.1, 0.15) is 6.54 Å². The van der Waals surface area contributed by atoms with Crippen LogP contribution in [0.4, 0.5) is 11.4 Å². The number of carbonyl (C=O) groups is 1. The first-order valence-electron chi connectivity index (χ1n) is 6.22. The maximum atomic E-state index is 12.1. The molecule has 0 aliphatic carbocycles. The first kappa shape index (κ1) is 14.3. The molecule has 1 heterocycles. The number of aryl methyl sites for hydroxylation is 1. The number of hydrogen-bond acceptors (Lipinski definition) is 4. The summed E-state index contributed by atoms with van der Waals surface area (Å²) >= 11 is 1.16. The van der Waals surface area contributed by atoms with E-state index in [0.717, 1.165) is 27.5 Å². The molecule has 0 aliphatic rings. The maximum Gasteiger partial charge on any atom is 0.308 e. The number of amides is 1. The van der Waals surface area contributed by atoms with Gasteiger partial charge in [-0.2, -0.15) is 0 Å². The highest BCUT2D eigenvalue weighted by atomic mass is 32.1. The summed E-state index contributed by atoms with van der Waals surface area (Å²) in [7, 11) is 0. The Morgan fingerprint density at radius 3 is 2.65 bits per heavy atom. The number of thiazole rings is 1. The predicted octanol–water partition coefficient (Wildman–Crippen LogP) is 2.06. The van der Waals surface area contributed by atoms with Crippen LogP contribution in [-0.4, -0.2) is 10.5 Å². The Morgan fingerprint density at radius 2 is 2.05 bits per heavy atom. The third-order valence-corrected chi connectivity index (χ3v) is 4.32. The van der Waals surface area contributed by atoms with Gasteiger partial charge in [-0.25, -0.2) is 0 Å². The molecule has 2 aromatic rings. The van der Waals surface area contributed by atoms with E-state index in [0.29, 0.717) is 11.4 Å². The topological polar surface area (TPSA) is 77.1 Å². The summed E-state index contributed by atoms with van der Waals surface area (Å²) in [6.45, 7) is 5.57. The van der Waals surface area contributed by atoms with Crippen molar-refractivity contribution in [2.24, 2.45) is 0 Å². The smallest absolute Gasteiger partial charge is 0.308 e. The summed E-state index contributed by atoms with van der Waals surface area (Å²) in [6.07, 6.45) is 0. The molecule has 20 heavy (non-hydrogen) atoms. The fourth-order valence-corrected chi connectivity index (χ4v) is 2.72. The second-order valence-electron chi connectivity index (χ2n) is 4.66. The molecule has 0 fully saturated rings. The monoisotopic (exact) mass is 291 g/mol. The number of nitrogens with one attached hydrogen (secondary N) is 1. The molecular weight excluding hydrogens is 274 g/mol. The van der Waals surface area contributed by atoms with Crippen molar-refractivity contribution >= 4 is 28.6 Å². The lowest BCUT2D eigenvalue weighted by molar-refractivity contribution is -0.116. The molecule has 0 aliphatic heterocycles. The number of benzene rings is 1. The molecule has 0 spiro atoms. The van der Waals surface area contributed by atoms with Crippen molar-refractivity contribution in [2.45, 2.75) is 27.3 Å². The van der Waals surface area contributed by atoms with E-state index in [4.69, 9.17) is 5.73 Å². The molecule has 0 radical (unpaired) electrons. The van der Waals surface area contributed by atoms with Gasteiger partial charge in [-0.3, -0.25) is 14.2 Å². The second-order valence-corrected chi connectivity index (χ2v) is 5.83. The van der Waals surface area contributed by atoms with Gasteiger partial charge in [0.25, 0.3) is 0 Å². The predicted molar refractivity (Wildman–Crippen MR) is 82.3 cm³/mol. The average molecular weight is 291 g/mol. The number of rotatable bonds is 3. The van der Waals surface area contributed by atoms with E-state index in [2.05, 4.69) is 5.32 Å². The number of anilines is 2. The van der Waals surface area contributed by atoms with Crippen molar-refractivity contribution < 1.29 is 4.79 Å². The first-order chi connectivity index (χ1) is 9.40. The zero-order valence-electron chi connectivity index (χ0n) is 11.7. The summed E-state index contributed by atoms with van der Waals surface area (Å²) in [5.74, 6) is -0.235. The van der Waals surface area contributed by atoms with Crippen molar-refractivity contribution in [1.82, 2.24) is 4.57 Å². The van der Waals surface area contributed by atoms with Gasteiger partial charge in [0.15, 0.2) is 0 Å². The van der Waals surface area contributed by atoms with Crippen molar-refractivity contribution in [1.29, 1.82) is 0 Å². The van der Waals surface area contributed by atoms with Gasteiger partial charge in [-0.05, 0) is 38.5 Å². The summed E-state index contributed by atoms with van der Waals surface area (Å²) in [5, 5.41) is 2.79. The van der Waals surface area contributed by atoms with Gasteiger partial charge in [0, 0.05) is 21.9 Å². The Labute approximate surface area is 121 Å². The van der Waals surface area contributed by atoms with Crippen LogP contribution in [0.15, 0.2) is 23.0 Å². The Bertz CT molecular complexity index is 716. The van der Waals surface area contributed by atoms with Crippen LogP contribution in [-0.2, 0) is 11.3 Å². The molecule has 3 N–H and O–H groups in total. The molecule has 1 aromatic heterocycles. The van der Waals surface area contributed by atoms with Crippen LogP contribution in [0.25, 0.3) is 0 Å². The average Bonchev–Trinajstić information content (AvgIpc) is 2.62. The number of nitrogen functional groups attached to an aromatic ring is 1. The lowest BCUT2D eigenvalue weighted by Gasteiger charge is -2.11. The lowest BCUT2D eigenvalue weighted by Crippen LogP contribution is -2.25. The van der Waals surface area contributed by atoms with Crippen LogP contribution in [0, 0.1) is 20.8 Å². The normalized spacial score (nSPS) is 10.6. The highest BCUT2D eigenvalue weighted by molar-refractivity contribution is 7.09. The van der Waals surface area contributed by atoms with E-state index in [-0.39, 0.29) is 17.3 Å². The SMILES string of the molecule is Cc1sc(=O)n(CC(=O)Nc2cccc(N)c2C)c1C. The van der Waals surface area contributed by atoms with Crippen LogP contribution < -0.4 is 15.9 Å². The Balaban J connectivity index is 2.17. The summed E-state index contributed by atoms with van der Waals surface area (Å²) in [5.41, 5.74) is 8.75. The minimum atomic E-state index is -0.235. The van der Waals surface area contributed by atoms with Crippen LogP contribution in [0.3, 0.4) is 0 Å². The molecule has 0 bridgehead atoms. The van der Waals surface area contributed by atoms with E-state index in [1.165, 1.54) is 4.57 Å². The van der Waals surface area contributed by atoms with Crippen LogP contribution in [0.2, 0.25) is 0 Å². The van der Waals surface area contributed by atoms with Gasteiger partial charge < -0.3 is 11.1 Å². The van der Waals surface area contributed by atoms with Gasteiger partial charge >= 0.3 is 4.87 Å². The van der Waals surface area contributed by atoms with Crippen molar-refractivity contribution in [3.63, 3.8) is 0 Å². The fraction of sp³-hybridized carbons (Fsp3) is 0.286. The molecule has 106 valence electrons. The highest BCUT2D eigenvalue weighted by Gasteiger charge is 2.12. The summed E-state index contributed by atoms with van der Waals surface area (Å²) < 4.78 is 1.48. The third-order valence-electron chi connectivity index (χ3n) is 3.33. The molecule has 0 unspecified atom stereocenters. The molecule has 1 aromatic carbocycles. The second kappa shape index (κ2) is 5.50. The quantitative estimate of drug-likeness (QED) is 0.850. The Hall–Kier alpha value is -2.08. The number of nitrogens with zero attached hydrogens (tertiary/aromatic N) is 1. The van der Waals surface area contributed by atoms with E-state index in [9.17, 15) is 9.59 Å². The number of aromatic nitrogens is 1. The van der Waals surface area contributed by atoms with Crippen molar-refractivity contribution in [3.05, 3.63) is 44.0 Å². The van der Waals surface area contributed by atoms with E-state index < -0.39 is 0 Å². The van der Waals surface area contributed by atoms with Gasteiger partial charge in [0.05, 0.1) is 0 Å². The largest absolute Gasteiger partial charge is 0.398 e. The summed E-state index contributed by atoms with van der Waals surface area (Å²) in [6, 6.07) is 5.35. The van der Waals surface area contributed by atoms with Crippen molar-refractivity contribution in [2.75, 3.05) is 11.1 Å². The highest BCUT2D eigenvalue weighted by Crippen LogP contribution is 2.20. The van der Waals surface area contributed by atoms with E-state index >= 15 is 0 Å². The molecule has 1 amide bonds. The zero-order valence-corrected chi connectivity index (χ0v) is 12.5. The standard InChI is InChI=1S/C14H17N3O2S/c1-8-11(15)5-4-6-12(8)16-13(18)7-17-9(2)10(3)20-14(17)19/h4-6H,7,15H2,1-3H3,(H,16,18). The van der Waals surface area contributed by atoms with Crippen molar-refractivity contribution in [3.8, 4) is 0 Å². The first-order valence-corrected chi connectivity index (χ1v) is 7.03. The number of nitrogens with two attached hydrogens (primary N) is 1. The molecule has 0 saturated heterocycles. The van der Waals surface area contributed by atoms with E-state index in [1.807, 2.05) is 20.8 Å². The number of hydrogen-bond donors (Lipinski definition) is 2. The molecular formula is C14H17N3O2S. The fourth-order valence-electron chi connectivity index (χ4n) is 1.89. The van der Waals surface area contributed by atoms with E-state index in [1.54, 1.807) is 18.2 Å². The minimum absolute atomic E-state index is 0.0171. The van der Waals surface area contributed by atoms with Crippen LogP contribution in [0.1, 0.15) is 16.1 Å². The molecule has 6 heteroatoms. The third kappa shape index (κ3) is 2.75. The van der Waals surface area contributed by atoms with Gasteiger partial charge in [-0.15, -0.1) is 0 Å². The molecule has 0 atom stereocenters. The summed E-state index contributed by atoms with van der Waals surface area (Å²) in [4.78, 5) is 24.6.